The summed E-state index contributed by atoms with van der Waals surface area (Å²) in [5, 5.41) is 11.1. The van der Waals surface area contributed by atoms with Crippen LogP contribution in [0.25, 0.3) is 0 Å². The molecule has 0 bridgehead atoms. The number of hydrogen-bond donors (Lipinski definition) is 3. The first-order valence-electron chi connectivity index (χ1n) is 11.5. The molecule has 1 aromatic heterocycles. The molecule has 0 saturated heterocycles. The Kier molecular flexibility index (Phi) is 8.23. The van der Waals surface area contributed by atoms with E-state index < -0.39 is 69.0 Å². The number of sulfonamides is 1. The quantitative estimate of drug-likeness (QED) is 0.333. The molecule has 0 spiro atoms. The van der Waals surface area contributed by atoms with Gasteiger partial charge in [-0.2, -0.15) is 17.5 Å². The van der Waals surface area contributed by atoms with Crippen molar-refractivity contribution in [2.24, 2.45) is 0 Å². The molecule has 218 valence electrons. The van der Waals surface area contributed by atoms with E-state index in [1.165, 1.54) is 24.4 Å². The SMILES string of the molecule is Cc1ccnc(N(C(=O)CC2CN(S(=O)(=O)c3cccc(C(F)(F)F)c3)c3cc(NC(=O)O)ccc3O2)S(=O)O)c1. The lowest BCUT2D eigenvalue weighted by Crippen LogP contribution is -2.46. The Morgan fingerprint density at radius 1 is 1.20 bits per heavy atom. The molecular weight excluding hydrogens is 593 g/mol. The van der Waals surface area contributed by atoms with E-state index in [-0.39, 0.29) is 22.9 Å². The van der Waals surface area contributed by atoms with Crippen molar-refractivity contribution in [3.63, 3.8) is 0 Å². The number of fused-ring (bicyclic) bond motifs is 1. The van der Waals surface area contributed by atoms with Crippen LogP contribution >= 0.6 is 0 Å². The number of carbonyl (C=O) groups excluding carboxylic acids is 1. The third kappa shape index (κ3) is 6.58. The summed E-state index contributed by atoms with van der Waals surface area (Å²) in [6.45, 7) is 1.06. The lowest BCUT2D eigenvalue weighted by atomic mass is 10.1. The fourth-order valence-corrected chi connectivity index (χ4v) is 6.06. The monoisotopic (exact) mass is 614 g/mol. The number of rotatable bonds is 7. The van der Waals surface area contributed by atoms with E-state index in [0.717, 1.165) is 18.2 Å². The van der Waals surface area contributed by atoms with Crippen LogP contribution in [0.5, 0.6) is 5.75 Å². The van der Waals surface area contributed by atoms with E-state index in [2.05, 4.69) is 10.3 Å². The van der Waals surface area contributed by atoms with Crippen molar-refractivity contribution < 1.29 is 49.8 Å². The van der Waals surface area contributed by atoms with Gasteiger partial charge in [-0.1, -0.05) is 6.07 Å². The molecule has 2 atom stereocenters. The number of alkyl halides is 3. The average molecular weight is 615 g/mol. The van der Waals surface area contributed by atoms with E-state index in [0.29, 0.717) is 26.3 Å². The molecule has 0 radical (unpaired) electrons. The molecule has 0 fully saturated rings. The fourth-order valence-electron chi connectivity index (χ4n) is 4.01. The van der Waals surface area contributed by atoms with E-state index in [4.69, 9.17) is 9.84 Å². The summed E-state index contributed by atoms with van der Waals surface area (Å²) in [7, 11) is -4.74. The Morgan fingerprint density at radius 3 is 2.56 bits per heavy atom. The summed E-state index contributed by atoms with van der Waals surface area (Å²) < 4.78 is 96.1. The van der Waals surface area contributed by atoms with E-state index in [1.54, 1.807) is 13.0 Å². The highest BCUT2D eigenvalue weighted by atomic mass is 32.2. The van der Waals surface area contributed by atoms with Crippen molar-refractivity contribution >= 4 is 50.5 Å². The molecule has 17 heteroatoms. The Morgan fingerprint density at radius 2 is 1.93 bits per heavy atom. The van der Waals surface area contributed by atoms with Crippen molar-refractivity contribution in [1.29, 1.82) is 0 Å². The molecule has 1 aliphatic heterocycles. The highest BCUT2D eigenvalue weighted by Crippen LogP contribution is 2.40. The van der Waals surface area contributed by atoms with Gasteiger partial charge in [0.2, 0.25) is 5.91 Å². The summed E-state index contributed by atoms with van der Waals surface area (Å²) in [5.74, 6) is -1.24. The van der Waals surface area contributed by atoms with Crippen LogP contribution < -0.4 is 18.7 Å². The zero-order chi connectivity index (χ0) is 30.1. The summed E-state index contributed by atoms with van der Waals surface area (Å²) in [5.41, 5.74) is -0.858. The minimum atomic E-state index is -4.84. The topological polar surface area (TPSA) is 166 Å². The lowest BCUT2D eigenvalue weighted by molar-refractivity contribution is -0.137. The normalized spacial score (nSPS) is 15.8. The van der Waals surface area contributed by atoms with Gasteiger partial charge >= 0.3 is 12.3 Å². The number of nitrogens with one attached hydrogen (secondary N) is 1. The van der Waals surface area contributed by atoms with Crippen LogP contribution in [0.3, 0.4) is 0 Å². The third-order valence-electron chi connectivity index (χ3n) is 5.79. The zero-order valence-electron chi connectivity index (χ0n) is 20.9. The van der Waals surface area contributed by atoms with Crippen LogP contribution in [-0.4, -0.2) is 51.9 Å². The van der Waals surface area contributed by atoms with Crippen molar-refractivity contribution in [1.82, 2.24) is 4.98 Å². The number of halogens is 3. The maximum absolute atomic E-state index is 13.7. The summed E-state index contributed by atoms with van der Waals surface area (Å²) in [4.78, 5) is 27.4. The number of amides is 2. The van der Waals surface area contributed by atoms with Gasteiger partial charge < -0.3 is 9.84 Å². The van der Waals surface area contributed by atoms with Gasteiger partial charge in [0.25, 0.3) is 21.3 Å². The first-order valence-corrected chi connectivity index (χ1v) is 14.0. The second kappa shape index (κ2) is 11.3. The van der Waals surface area contributed by atoms with Gasteiger partial charge in [-0.25, -0.2) is 22.4 Å². The Labute approximate surface area is 233 Å². The molecular formula is C24H21F3N4O8S2. The van der Waals surface area contributed by atoms with Gasteiger partial charge in [-0.05, 0) is 61.0 Å². The number of anilines is 3. The maximum atomic E-state index is 13.7. The van der Waals surface area contributed by atoms with Gasteiger partial charge in [-0.3, -0.25) is 19.0 Å². The first-order chi connectivity index (χ1) is 19.2. The number of hydrogen-bond acceptors (Lipinski definition) is 7. The van der Waals surface area contributed by atoms with E-state index >= 15 is 0 Å². The van der Waals surface area contributed by atoms with Crippen molar-refractivity contribution in [3.8, 4) is 5.75 Å². The average Bonchev–Trinajstić information content (AvgIpc) is 2.87. The number of pyridine rings is 1. The highest BCUT2D eigenvalue weighted by molar-refractivity contribution is 7.92. The second-order valence-electron chi connectivity index (χ2n) is 8.73. The maximum Gasteiger partial charge on any atom is 0.416 e. The summed E-state index contributed by atoms with van der Waals surface area (Å²) in [6.07, 6.45) is -6.89. The van der Waals surface area contributed by atoms with E-state index in [1.807, 2.05) is 0 Å². The van der Waals surface area contributed by atoms with Crippen molar-refractivity contribution in [2.75, 3.05) is 20.5 Å². The van der Waals surface area contributed by atoms with Crippen LogP contribution in [0.4, 0.5) is 35.2 Å². The number of aromatic nitrogens is 1. The number of aryl methyl sites for hydroxylation is 1. The largest absolute Gasteiger partial charge is 0.486 e. The van der Waals surface area contributed by atoms with Crippen LogP contribution in [0.15, 0.2) is 65.7 Å². The zero-order valence-corrected chi connectivity index (χ0v) is 22.5. The van der Waals surface area contributed by atoms with Gasteiger partial charge in [0.05, 0.1) is 29.1 Å². The Balaban J connectivity index is 1.74. The fraction of sp³-hybridized carbons (Fsp3) is 0.208. The molecule has 41 heavy (non-hydrogen) atoms. The predicted molar refractivity (Wildman–Crippen MR) is 140 cm³/mol. The second-order valence-corrected chi connectivity index (χ2v) is 11.4. The molecule has 2 heterocycles. The molecule has 2 unspecified atom stereocenters. The minimum absolute atomic E-state index is 0.0639. The van der Waals surface area contributed by atoms with Gasteiger partial charge in [0, 0.05) is 11.9 Å². The molecule has 12 nitrogen and oxygen atoms in total. The van der Waals surface area contributed by atoms with Crippen LogP contribution in [0.2, 0.25) is 0 Å². The van der Waals surface area contributed by atoms with E-state index in [9.17, 15) is 39.9 Å². The molecule has 2 aromatic carbocycles. The molecule has 2 amide bonds. The number of carbonyl (C=O) groups is 2. The smallest absolute Gasteiger partial charge is 0.416 e. The molecule has 0 aliphatic carbocycles. The van der Waals surface area contributed by atoms with Crippen molar-refractivity contribution in [3.05, 3.63) is 71.9 Å². The minimum Gasteiger partial charge on any atom is -0.486 e. The third-order valence-corrected chi connectivity index (χ3v) is 8.26. The van der Waals surface area contributed by atoms with Gasteiger partial charge in [0.1, 0.15) is 17.7 Å². The summed E-state index contributed by atoms with van der Waals surface area (Å²) >= 11 is -2.85. The van der Waals surface area contributed by atoms with Crippen LogP contribution in [-0.2, 0) is 32.3 Å². The van der Waals surface area contributed by atoms with Gasteiger partial charge in [-0.15, -0.1) is 0 Å². The van der Waals surface area contributed by atoms with Crippen LogP contribution in [0.1, 0.15) is 17.5 Å². The lowest BCUT2D eigenvalue weighted by Gasteiger charge is -2.36. The Bertz CT molecular complexity index is 1640. The number of nitrogens with zero attached hydrogens (tertiary/aromatic N) is 3. The standard InChI is InChI=1S/C24H21F3N4O8S2/c1-14-7-8-28-21(9-14)31(40(35)36)22(32)12-17-13-30(19-11-16(29-23(33)34)5-6-20(19)39-17)41(37,38)18-4-2-3-15(10-18)24(25,26)27/h2-11,17,29H,12-13H2,1H3,(H,33,34)(H,35,36). The van der Waals surface area contributed by atoms with Crippen molar-refractivity contribution in [2.45, 2.75) is 30.5 Å². The summed E-state index contributed by atoms with van der Waals surface area (Å²) in [6, 6.07) is 9.58. The molecule has 4 rings (SSSR count). The highest BCUT2D eigenvalue weighted by Gasteiger charge is 2.39. The number of carboxylic acid groups (broad SMARTS) is 1. The Hall–Kier alpha value is -4.22. The first kappa shape index (κ1) is 29.8. The number of ether oxygens (including phenoxy) is 1. The van der Waals surface area contributed by atoms with Gasteiger partial charge in [0.15, 0.2) is 0 Å². The number of benzene rings is 2. The molecule has 1 aliphatic rings. The van der Waals surface area contributed by atoms with Crippen LogP contribution in [0, 0.1) is 6.92 Å². The molecule has 3 N–H and O–H groups in total. The molecule has 0 saturated carbocycles. The molecule has 3 aromatic rings. The predicted octanol–water partition coefficient (Wildman–Crippen LogP) is 4.02.